The minimum Gasteiger partial charge on any atom is -0.485 e. The third-order valence-corrected chi connectivity index (χ3v) is 3.74. The van der Waals surface area contributed by atoms with E-state index in [-0.39, 0.29) is 29.6 Å². The molecule has 0 radical (unpaired) electrons. The number of carboxylic acid groups (broad SMARTS) is 1. The fourth-order valence-electron chi connectivity index (χ4n) is 2.57. The van der Waals surface area contributed by atoms with E-state index in [0.717, 1.165) is 5.56 Å². The SMILES string of the molecule is O=C(O)c1ccc2c(c1CO)OC[C@H](COCc1ccccc1)O2. The average molecular weight is 330 g/mol. The Morgan fingerprint density at radius 1 is 1.21 bits per heavy atom. The minimum atomic E-state index is -1.11. The molecule has 0 fully saturated rings. The lowest BCUT2D eigenvalue weighted by molar-refractivity contribution is 0.00180. The number of rotatable bonds is 6. The summed E-state index contributed by atoms with van der Waals surface area (Å²) in [6, 6.07) is 12.8. The summed E-state index contributed by atoms with van der Waals surface area (Å²) < 4.78 is 17.1. The van der Waals surface area contributed by atoms with Crippen LogP contribution in [0.25, 0.3) is 0 Å². The van der Waals surface area contributed by atoms with Gasteiger partial charge in [-0.25, -0.2) is 4.79 Å². The second-order valence-corrected chi connectivity index (χ2v) is 5.43. The van der Waals surface area contributed by atoms with Crippen molar-refractivity contribution in [3.05, 3.63) is 59.2 Å². The van der Waals surface area contributed by atoms with Crippen LogP contribution in [-0.4, -0.2) is 35.5 Å². The topological polar surface area (TPSA) is 85.2 Å². The van der Waals surface area contributed by atoms with E-state index in [1.165, 1.54) is 6.07 Å². The molecule has 0 amide bonds. The lowest BCUT2D eigenvalue weighted by Crippen LogP contribution is -2.34. The third-order valence-electron chi connectivity index (χ3n) is 3.74. The summed E-state index contributed by atoms with van der Waals surface area (Å²) in [7, 11) is 0. The lowest BCUT2D eigenvalue weighted by Gasteiger charge is -2.28. The Hall–Kier alpha value is -2.57. The number of hydrogen-bond donors (Lipinski definition) is 2. The Labute approximate surface area is 139 Å². The Kier molecular flexibility index (Phi) is 4.98. The van der Waals surface area contributed by atoms with Crippen molar-refractivity contribution < 1.29 is 29.2 Å². The van der Waals surface area contributed by atoms with Crippen molar-refractivity contribution in [3.8, 4) is 11.5 Å². The first kappa shape index (κ1) is 16.3. The molecule has 0 saturated heterocycles. The number of aliphatic hydroxyl groups excluding tert-OH is 1. The van der Waals surface area contributed by atoms with Crippen LogP contribution >= 0.6 is 0 Å². The largest absolute Gasteiger partial charge is 0.485 e. The summed E-state index contributed by atoms with van der Waals surface area (Å²) in [5, 5.41) is 18.6. The molecule has 6 nitrogen and oxygen atoms in total. The van der Waals surface area contributed by atoms with Gasteiger partial charge in [-0.3, -0.25) is 0 Å². The Bertz CT molecular complexity index is 713. The van der Waals surface area contributed by atoms with Crippen LogP contribution in [0.4, 0.5) is 0 Å². The molecule has 1 aliphatic heterocycles. The molecule has 0 aliphatic carbocycles. The quantitative estimate of drug-likeness (QED) is 0.845. The summed E-state index contributed by atoms with van der Waals surface area (Å²) in [6.45, 7) is 0.637. The molecule has 0 spiro atoms. The molecule has 0 unspecified atom stereocenters. The number of carboxylic acids is 1. The molecule has 0 saturated carbocycles. The van der Waals surface area contributed by atoms with Crippen LogP contribution in [0.2, 0.25) is 0 Å². The molecule has 126 valence electrons. The van der Waals surface area contributed by atoms with Crippen molar-refractivity contribution >= 4 is 5.97 Å². The molecule has 0 aromatic heterocycles. The molecule has 1 aliphatic rings. The van der Waals surface area contributed by atoms with E-state index in [0.29, 0.717) is 19.0 Å². The van der Waals surface area contributed by atoms with Crippen LogP contribution < -0.4 is 9.47 Å². The standard InChI is InChI=1S/C18H18O6/c19-8-15-14(18(20)21)6-7-16-17(15)23-11-13(24-16)10-22-9-12-4-2-1-3-5-12/h1-7,13,19H,8-11H2,(H,20,21)/t13-/m0/s1. The van der Waals surface area contributed by atoms with E-state index in [1.54, 1.807) is 6.07 Å². The van der Waals surface area contributed by atoms with Gasteiger partial charge in [-0.15, -0.1) is 0 Å². The molecular weight excluding hydrogens is 312 g/mol. The third kappa shape index (κ3) is 3.50. The van der Waals surface area contributed by atoms with Crippen molar-refractivity contribution in [2.24, 2.45) is 0 Å². The normalized spacial score (nSPS) is 16.0. The molecule has 2 N–H and O–H groups in total. The van der Waals surface area contributed by atoms with Crippen molar-refractivity contribution in [2.75, 3.05) is 13.2 Å². The van der Waals surface area contributed by atoms with Gasteiger partial charge in [0.05, 0.1) is 25.4 Å². The average Bonchev–Trinajstić information content (AvgIpc) is 2.61. The number of fused-ring (bicyclic) bond motifs is 1. The van der Waals surface area contributed by atoms with Crippen LogP contribution in [0.3, 0.4) is 0 Å². The molecular formula is C18H18O6. The van der Waals surface area contributed by atoms with Crippen LogP contribution in [0, 0.1) is 0 Å². The van der Waals surface area contributed by atoms with E-state index in [9.17, 15) is 9.90 Å². The fourth-order valence-corrected chi connectivity index (χ4v) is 2.57. The number of aliphatic hydroxyl groups is 1. The van der Waals surface area contributed by atoms with E-state index in [1.807, 2.05) is 30.3 Å². The fraction of sp³-hybridized carbons (Fsp3) is 0.278. The van der Waals surface area contributed by atoms with Gasteiger partial charge in [0.1, 0.15) is 6.61 Å². The Morgan fingerprint density at radius 3 is 2.71 bits per heavy atom. The Balaban J connectivity index is 1.63. The highest BCUT2D eigenvalue weighted by atomic mass is 16.6. The van der Waals surface area contributed by atoms with Gasteiger partial charge in [0.25, 0.3) is 0 Å². The second kappa shape index (κ2) is 7.33. The predicted octanol–water partition coefficient (Wildman–Crippen LogP) is 2.23. The first-order valence-electron chi connectivity index (χ1n) is 7.60. The van der Waals surface area contributed by atoms with E-state index in [4.69, 9.17) is 19.3 Å². The minimum absolute atomic E-state index is 0.0126. The monoisotopic (exact) mass is 330 g/mol. The van der Waals surface area contributed by atoms with Gasteiger partial charge in [0.2, 0.25) is 0 Å². The van der Waals surface area contributed by atoms with Crippen molar-refractivity contribution in [3.63, 3.8) is 0 Å². The van der Waals surface area contributed by atoms with Gasteiger partial charge in [-0.05, 0) is 17.7 Å². The van der Waals surface area contributed by atoms with E-state index < -0.39 is 12.6 Å². The number of ether oxygens (including phenoxy) is 3. The first-order chi connectivity index (χ1) is 11.7. The molecule has 2 aromatic rings. The smallest absolute Gasteiger partial charge is 0.336 e. The molecule has 2 aromatic carbocycles. The van der Waals surface area contributed by atoms with Gasteiger partial charge in [-0.2, -0.15) is 0 Å². The predicted molar refractivity (Wildman–Crippen MR) is 85.3 cm³/mol. The van der Waals surface area contributed by atoms with Gasteiger partial charge in [0.15, 0.2) is 17.6 Å². The number of aromatic carboxylic acids is 1. The molecule has 24 heavy (non-hydrogen) atoms. The highest BCUT2D eigenvalue weighted by Crippen LogP contribution is 2.37. The van der Waals surface area contributed by atoms with Gasteiger partial charge in [0, 0.05) is 5.56 Å². The summed E-state index contributed by atoms with van der Waals surface area (Å²) in [5.41, 5.74) is 1.31. The zero-order valence-electron chi connectivity index (χ0n) is 13.0. The molecule has 6 heteroatoms. The lowest BCUT2D eigenvalue weighted by atomic mass is 10.1. The van der Waals surface area contributed by atoms with E-state index in [2.05, 4.69) is 0 Å². The number of hydrogen-bond acceptors (Lipinski definition) is 5. The van der Waals surface area contributed by atoms with E-state index >= 15 is 0 Å². The zero-order valence-corrected chi connectivity index (χ0v) is 13.0. The maximum Gasteiger partial charge on any atom is 0.336 e. The van der Waals surface area contributed by atoms with Crippen LogP contribution in [-0.2, 0) is 18.0 Å². The molecule has 1 heterocycles. The van der Waals surface area contributed by atoms with Crippen molar-refractivity contribution in [2.45, 2.75) is 19.3 Å². The molecule has 1 atom stereocenters. The van der Waals surface area contributed by atoms with Crippen LogP contribution in [0.5, 0.6) is 11.5 Å². The van der Waals surface area contributed by atoms with Crippen LogP contribution in [0.15, 0.2) is 42.5 Å². The van der Waals surface area contributed by atoms with Crippen molar-refractivity contribution in [1.82, 2.24) is 0 Å². The highest BCUT2D eigenvalue weighted by molar-refractivity contribution is 5.90. The summed E-state index contributed by atoms with van der Waals surface area (Å²) in [4.78, 5) is 11.2. The zero-order chi connectivity index (χ0) is 16.9. The van der Waals surface area contributed by atoms with Gasteiger partial charge < -0.3 is 24.4 Å². The summed E-state index contributed by atoms with van der Waals surface area (Å²) in [6.07, 6.45) is -0.288. The molecule has 3 rings (SSSR count). The maximum absolute atomic E-state index is 11.2. The van der Waals surface area contributed by atoms with Crippen molar-refractivity contribution in [1.29, 1.82) is 0 Å². The summed E-state index contributed by atoms with van der Waals surface area (Å²) >= 11 is 0. The van der Waals surface area contributed by atoms with Crippen LogP contribution in [0.1, 0.15) is 21.5 Å². The van der Waals surface area contributed by atoms with Gasteiger partial charge in [-0.1, -0.05) is 30.3 Å². The molecule has 0 bridgehead atoms. The Morgan fingerprint density at radius 2 is 2.00 bits per heavy atom. The maximum atomic E-state index is 11.2. The second-order valence-electron chi connectivity index (χ2n) is 5.43. The summed E-state index contributed by atoms with van der Waals surface area (Å²) in [5.74, 6) is -0.404. The van der Waals surface area contributed by atoms with Gasteiger partial charge >= 0.3 is 5.97 Å². The highest BCUT2D eigenvalue weighted by Gasteiger charge is 2.26. The number of carbonyl (C=O) groups is 1. The first-order valence-corrected chi connectivity index (χ1v) is 7.60. The number of benzene rings is 2.